The zero-order valence-corrected chi connectivity index (χ0v) is 44.2. The molecule has 2 heterocycles. The number of hydrogen-bond acceptors (Lipinski definition) is 2. The minimum atomic E-state index is -1.41. The van der Waals surface area contributed by atoms with Crippen molar-refractivity contribution in [2.24, 2.45) is 0 Å². The molecule has 2 atom stereocenters. The van der Waals surface area contributed by atoms with Gasteiger partial charge >= 0.3 is 387 Å². The largest absolute Gasteiger partial charge is 1.00 e. The molecule has 6 aromatic carbocycles. The fraction of sp³-hybridized carbons (Fsp3) is 0.143. The molecule has 0 saturated heterocycles. The van der Waals surface area contributed by atoms with E-state index in [9.17, 15) is 0 Å². The molecule has 0 bridgehead atoms. The average Bonchev–Trinajstić information content (AvgIpc) is 4.10. The predicted octanol–water partition coefficient (Wildman–Crippen LogP) is 9.55. The molecule has 2 aromatic heterocycles. The molecular formula is C56H50Cl2S2Si2Zr. The molecule has 2 aliphatic rings. The van der Waals surface area contributed by atoms with E-state index in [4.69, 9.17) is 0 Å². The van der Waals surface area contributed by atoms with Gasteiger partial charge in [-0.25, -0.2) is 0 Å². The normalized spacial score (nSPS) is 15.3. The zero-order valence-electron chi connectivity index (χ0n) is 36.5. The zero-order chi connectivity index (χ0) is 41.9. The van der Waals surface area contributed by atoms with Gasteiger partial charge in [-0.15, -0.1) is 0 Å². The monoisotopic (exact) mass is 1000 g/mol. The summed E-state index contributed by atoms with van der Waals surface area (Å²) >= 11 is 2.60. The maximum absolute atomic E-state index is 2.59. The third kappa shape index (κ3) is 9.05. The first-order valence-corrected chi connectivity index (χ1v) is 32.9. The molecular weight excluding hydrogens is 955 g/mol. The summed E-state index contributed by atoms with van der Waals surface area (Å²) in [6.07, 6.45) is 5.19. The first-order valence-electron chi connectivity index (χ1n) is 21.5. The van der Waals surface area contributed by atoms with Crippen LogP contribution < -0.4 is 35.2 Å². The number of fused-ring (bicyclic) bond motifs is 2. The van der Waals surface area contributed by atoms with Gasteiger partial charge in [-0.3, -0.25) is 0 Å². The molecule has 0 spiro atoms. The van der Waals surface area contributed by atoms with Crippen molar-refractivity contribution in [3.8, 4) is 43.1 Å². The fourth-order valence-corrected chi connectivity index (χ4v) is 19.0. The summed E-state index contributed by atoms with van der Waals surface area (Å²) in [5.41, 5.74) is 16.8. The van der Waals surface area contributed by atoms with Crippen LogP contribution in [0.15, 0.2) is 170 Å². The van der Waals surface area contributed by atoms with Crippen LogP contribution in [0.5, 0.6) is 0 Å². The SMILES string of the molecule is C[Si](C)(C)c1ccc(-c2cccc3c2C=C(c2ccc(-c4ccccc4)s2)[CH]3[Zr+2][CH]2C(c3ccc(-c4ccccc4)s3)=Cc3c(-c4ccc([Si](C)(C)C)cc4)cccc32)cc1.[Cl-].[Cl-]. The van der Waals surface area contributed by atoms with Gasteiger partial charge in [0.25, 0.3) is 0 Å². The van der Waals surface area contributed by atoms with E-state index in [-0.39, 0.29) is 24.8 Å². The van der Waals surface area contributed by atoms with Crippen LogP contribution in [0.4, 0.5) is 0 Å². The first-order chi connectivity index (χ1) is 29.5. The molecule has 2 aliphatic carbocycles. The summed E-state index contributed by atoms with van der Waals surface area (Å²) in [6.45, 7) is 14.6. The van der Waals surface area contributed by atoms with Crippen LogP contribution in [-0.2, 0) is 23.2 Å². The van der Waals surface area contributed by atoms with Gasteiger partial charge < -0.3 is 24.8 Å². The van der Waals surface area contributed by atoms with Crippen molar-refractivity contribution in [1.82, 2.24) is 0 Å². The molecule has 0 saturated carbocycles. The third-order valence-electron chi connectivity index (χ3n) is 12.5. The van der Waals surface area contributed by atoms with Gasteiger partial charge in [0.1, 0.15) is 0 Å². The van der Waals surface area contributed by atoms with E-state index in [2.05, 4.69) is 221 Å². The Morgan fingerprint density at radius 1 is 0.365 bits per heavy atom. The molecule has 0 amide bonds. The molecule has 312 valence electrons. The second-order valence-corrected chi connectivity index (χ2v) is 34.5. The molecule has 8 aromatic rings. The minimum Gasteiger partial charge on any atom is -1.00 e. The van der Waals surface area contributed by atoms with Crippen LogP contribution in [0, 0.1) is 0 Å². The minimum absolute atomic E-state index is 0. The van der Waals surface area contributed by atoms with Gasteiger partial charge in [0.05, 0.1) is 0 Å². The number of benzene rings is 6. The van der Waals surface area contributed by atoms with Crippen molar-refractivity contribution in [2.45, 2.75) is 46.5 Å². The number of halogens is 2. The molecule has 0 N–H and O–H groups in total. The van der Waals surface area contributed by atoms with Gasteiger partial charge in [-0.05, 0) is 0 Å². The van der Waals surface area contributed by atoms with E-state index in [1.54, 1.807) is 0 Å². The molecule has 10 rings (SSSR count). The molecule has 7 heteroatoms. The third-order valence-corrected chi connectivity index (χ3v) is 23.7. The first kappa shape index (κ1) is 45.7. The fourth-order valence-electron chi connectivity index (χ4n) is 9.06. The van der Waals surface area contributed by atoms with Crippen molar-refractivity contribution in [3.63, 3.8) is 0 Å². The molecule has 0 fully saturated rings. The summed E-state index contributed by atoms with van der Waals surface area (Å²) in [7, 11) is -2.83. The van der Waals surface area contributed by atoms with E-state index in [0.717, 1.165) is 0 Å². The van der Waals surface area contributed by atoms with E-state index in [0.29, 0.717) is 7.25 Å². The van der Waals surface area contributed by atoms with Crippen molar-refractivity contribution < 1.29 is 48.0 Å². The number of thiophene rings is 2. The van der Waals surface area contributed by atoms with Crippen LogP contribution in [0.1, 0.15) is 39.3 Å². The van der Waals surface area contributed by atoms with Gasteiger partial charge in [-0.2, -0.15) is 0 Å². The molecule has 0 radical (unpaired) electrons. The van der Waals surface area contributed by atoms with Gasteiger partial charge in [0.15, 0.2) is 0 Å². The maximum Gasteiger partial charge on any atom is -1.00 e. The van der Waals surface area contributed by atoms with E-state index in [1.807, 2.05) is 22.7 Å². The van der Waals surface area contributed by atoms with E-state index < -0.39 is 39.4 Å². The van der Waals surface area contributed by atoms with Gasteiger partial charge in [0, 0.05) is 0 Å². The average molecular weight is 1010 g/mol. The second kappa shape index (κ2) is 18.5. The number of hydrogen-bond donors (Lipinski definition) is 0. The number of allylic oxidation sites excluding steroid dienone is 2. The Labute approximate surface area is 408 Å². The summed E-state index contributed by atoms with van der Waals surface area (Å²) in [4.78, 5) is 5.48. The predicted molar refractivity (Wildman–Crippen MR) is 270 cm³/mol. The summed E-state index contributed by atoms with van der Waals surface area (Å²) in [5, 5.41) is 3.02. The Bertz CT molecular complexity index is 2750. The van der Waals surface area contributed by atoms with Gasteiger partial charge in [0.2, 0.25) is 0 Å². The van der Waals surface area contributed by atoms with Crippen LogP contribution in [0.25, 0.3) is 66.4 Å². The van der Waals surface area contributed by atoms with E-state index in [1.165, 1.54) is 96.7 Å². The van der Waals surface area contributed by atoms with Crippen LogP contribution in [-0.4, -0.2) is 16.1 Å². The summed E-state index contributed by atoms with van der Waals surface area (Å²) in [5.74, 6) is 0. The Morgan fingerprint density at radius 3 is 1.10 bits per heavy atom. The smallest absolute Gasteiger partial charge is 1.00 e. The van der Waals surface area contributed by atoms with Crippen LogP contribution >= 0.6 is 22.7 Å². The van der Waals surface area contributed by atoms with Crippen molar-refractivity contribution >= 4 is 72.5 Å². The molecule has 63 heavy (non-hydrogen) atoms. The molecule has 0 aliphatic heterocycles. The van der Waals surface area contributed by atoms with Crippen LogP contribution in [0.3, 0.4) is 0 Å². The van der Waals surface area contributed by atoms with Crippen molar-refractivity contribution in [1.29, 1.82) is 0 Å². The topological polar surface area (TPSA) is 0 Å². The van der Waals surface area contributed by atoms with Gasteiger partial charge in [-0.1, -0.05) is 0 Å². The van der Waals surface area contributed by atoms with Crippen molar-refractivity contribution in [2.75, 3.05) is 0 Å². The van der Waals surface area contributed by atoms with E-state index >= 15 is 0 Å². The standard InChI is InChI=1S/2C28H25SSi.2ClH.Zr/c2*1-30(2,3)24-14-12-20(13-15-24)25-11-7-10-22-18-23(19-26(22)25)28-17-16-27(29-28)21-8-5-4-6-9-21;;;/h2*4-19H,1-3H3;2*1H;/q;;;;+2/p-2. The number of rotatable bonds is 10. The van der Waals surface area contributed by atoms with Crippen molar-refractivity contribution in [3.05, 3.63) is 202 Å². The quantitative estimate of drug-likeness (QED) is 0.120. The Kier molecular flexibility index (Phi) is 13.4. The summed E-state index contributed by atoms with van der Waals surface area (Å²) < 4.78 is 0.796. The summed E-state index contributed by atoms with van der Waals surface area (Å²) in [6, 6.07) is 64.8. The second-order valence-electron chi connectivity index (χ2n) is 18.6. The molecule has 0 nitrogen and oxygen atoms in total. The van der Waals surface area contributed by atoms with Crippen LogP contribution in [0.2, 0.25) is 39.3 Å². The Morgan fingerprint density at radius 2 is 0.730 bits per heavy atom. The molecule has 2 unspecified atom stereocenters. The Hall–Kier alpha value is -3.90. The maximum atomic E-state index is 2.59. The Balaban J connectivity index is 0.00000272.